The number of aliphatic hydroxyl groups is 1. The van der Waals surface area contributed by atoms with Gasteiger partial charge < -0.3 is 10.4 Å². The van der Waals surface area contributed by atoms with Gasteiger partial charge in [0.15, 0.2) is 0 Å². The first kappa shape index (κ1) is 15.8. The van der Waals surface area contributed by atoms with Crippen molar-refractivity contribution in [2.24, 2.45) is 5.92 Å². The zero-order valence-corrected chi connectivity index (χ0v) is 12.6. The molecule has 18 heavy (non-hydrogen) atoms. The number of nitrogens with one attached hydrogen (secondary N) is 1. The molecule has 0 fully saturated rings. The average molecular weight is 290 g/mol. The first-order chi connectivity index (χ1) is 8.30. The van der Waals surface area contributed by atoms with Crippen molar-refractivity contribution >= 4 is 23.2 Å². The third kappa shape index (κ3) is 5.57. The fraction of sp³-hybridized carbons (Fsp3) is 0.571. The van der Waals surface area contributed by atoms with Gasteiger partial charge in [0, 0.05) is 13.0 Å². The van der Waals surface area contributed by atoms with Gasteiger partial charge in [-0.2, -0.15) is 0 Å². The Morgan fingerprint density at radius 2 is 1.94 bits per heavy atom. The average Bonchev–Trinajstić information content (AvgIpc) is 2.22. The second kappa shape index (κ2) is 6.76. The monoisotopic (exact) mass is 289 g/mol. The fourth-order valence-electron chi connectivity index (χ4n) is 1.78. The molecule has 0 aromatic heterocycles. The van der Waals surface area contributed by atoms with Crippen LogP contribution in [-0.4, -0.2) is 23.8 Å². The van der Waals surface area contributed by atoms with Crippen LogP contribution in [0.15, 0.2) is 18.2 Å². The number of benzene rings is 1. The fourth-order valence-corrected chi connectivity index (χ4v) is 2.10. The van der Waals surface area contributed by atoms with Crippen LogP contribution in [0.2, 0.25) is 10.0 Å². The Morgan fingerprint density at radius 1 is 1.28 bits per heavy atom. The van der Waals surface area contributed by atoms with Crippen molar-refractivity contribution < 1.29 is 5.11 Å². The van der Waals surface area contributed by atoms with Crippen molar-refractivity contribution in [2.75, 3.05) is 13.1 Å². The summed E-state index contributed by atoms with van der Waals surface area (Å²) in [5.41, 5.74) is 0.201. The van der Waals surface area contributed by atoms with E-state index in [9.17, 15) is 5.11 Å². The van der Waals surface area contributed by atoms with Crippen molar-refractivity contribution in [1.82, 2.24) is 5.32 Å². The third-order valence-corrected chi connectivity index (χ3v) is 3.37. The van der Waals surface area contributed by atoms with E-state index in [0.717, 1.165) is 12.1 Å². The molecule has 1 unspecified atom stereocenters. The molecule has 0 radical (unpaired) electrons. The lowest BCUT2D eigenvalue weighted by atomic mass is 9.96. The first-order valence-electron chi connectivity index (χ1n) is 6.17. The van der Waals surface area contributed by atoms with E-state index >= 15 is 0 Å². The number of halogens is 2. The highest BCUT2D eigenvalue weighted by Crippen LogP contribution is 2.24. The van der Waals surface area contributed by atoms with Gasteiger partial charge in [0.2, 0.25) is 0 Å². The van der Waals surface area contributed by atoms with Crippen LogP contribution in [-0.2, 0) is 6.42 Å². The summed E-state index contributed by atoms with van der Waals surface area (Å²) < 4.78 is 0. The maximum atomic E-state index is 10.3. The Bertz CT molecular complexity index is 391. The van der Waals surface area contributed by atoms with Crippen LogP contribution in [0.25, 0.3) is 0 Å². The molecule has 0 bridgehead atoms. The van der Waals surface area contributed by atoms with Crippen molar-refractivity contribution in [1.29, 1.82) is 0 Å². The summed E-state index contributed by atoms with van der Waals surface area (Å²) in [6.07, 6.45) is 0.551. The van der Waals surface area contributed by atoms with Crippen LogP contribution in [0.1, 0.15) is 26.3 Å². The van der Waals surface area contributed by atoms with E-state index in [1.54, 1.807) is 12.1 Å². The SMILES string of the molecule is CC(C)CNCC(C)(O)Cc1ccc(Cl)c(Cl)c1. The van der Waals surface area contributed by atoms with E-state index in [4.69, 9.17) is 23.2 Å². The summed E-state index contributed by atoms with van der Waals surface area (Å²) in [4.78, 5) is 0. The summed E-state index contributed by atoms with van der Waals surface area (Å²) >= 11 is 11.8. The van der Waals surface area contributed by atoms with Gasteiger partial charge in [0.25, 0.3) is 0 Å². The lowest BCUT2D eigenvalue weighted by Crippen LogP contribution is -2.40. The molecular formula is C14H21Cl2NO. The predicted octanol–water partition coefficient (Wildman–Crippen LogP) is 3.53. The van der Waals surface area contributed by atoms with Crippen LogP contribution >= 0.6 is 23.2 Å². The molecule has 4 heteroatoms. The van der Waals surface area contributed by atoms with Crippen molar-refractivity contribution in [3.63, 3.8) is 0 Å². The lowest BCUT2D eigenvalue weighted by Gasteiger charge is -2.24. The zero-order chi connectivity index (χ0) is 13.8. The van der Waals surface area contributed by atoms with E-state index in [-0.39, 0.29) is 0 Å². The number of hydrogen-bond donors (Lipinski definition) is 2. The molecule has 1 atom stereocenters. The van der Waals surface area contributed by atoms with E-state index in [0.29, 0.717) is 28.9 Å². The third-order valence-electron chi connectivity index (χ3n) is 2.63. The van der Waals surface area contributed by atoms with Gasteiger partial charge in [-0.05, 0) is 37.1 Å². The molecule has 1 aromatic carbocycles. The molecule has 0 amide bonds. The topological polar surface area (TPSA) is 32.3 Å². The van der Waals surface area contributed by atoms with Gasteiger partial charge in [0.1, 0.15) is 0 Å². The minimum atomic E-state index is -0.786. The maximum Gasteiger partial charge on any atom is 0.0783 e. The van der Waals surface area contributed by atoms with Gasteiger partial charge in [0.05, 0.1) is 15.6 Å². The minimum Gasteiger partial charge on any atom is -0.389 e. The van der Waals surface area contributed by atoms with Crippen LogP contribution < -0.4 is 5.32 Å². The standard InChI is InChI=1S/C14H21Cl2NO/c1-10(2)8-17-9-14(3,18)7-11-4-5-12(15)13(16)6-11/h4-6,10,17-18H,7-9H2,1-3H3. The van der Waals surface area contributed by atoms with E-state index in [2.05, 4.69) is 19.2 Å². The smallest absolute Gasteiger partial charge is 0.0783 e. The molecule has 0 aliphatic heterocycles. The van der Waals surface area contributed by atoms with Gasteiger partial charge in [-0.1, -0.05) is 43.1 Å². The van der Waals surface area contributed by atoms with Crippen LogP contribution in [0, 0.1) is 5.92 Å². The Hall–Kier alpha value is -0.280. The highest BCUT2D eigenvalue weighted by Gasteiger charge is 2.20. The summed E-state index contributed by atoms with van der Waals surface area (Å²) in [5.74, 6) is 0.575. The molecule has 2 N–H and O–H groups in total. The molecular weight excluding hydrogens is 269 g/mol. The first-order valence-corrected chi connectivity index (χ1v) is 6.93. The lowest BCUT2D eigenvalue weighted by molar-refractivity contribution is 0.0596. The Kier molecular flexibility index (Phi) is 5.93. The summed E-state index contributed by atoms with van der Waals surface area (Å²) in [6.45, 7) is 7.56. The molecule has 0 heterocycles. The van der Waals surface area contributed by atoms with Gasteiger partial charge in [-0.25, -0.2) is 0 Å². The minimum absolute atomic E-state index is 0.528. The molecule has 102 valence electrons. The van der Waals surface area contributed by atoms with Crippen molar-refractivity contribution in [3.05, 3.63) is 33.8 Å². The second-order valence-corrected chi connectivity index (χ2v) is 6.26. The van der Waals surface area contributed by atoms with Crippen LogP contribution in [0.5, 0.6) is 0 Å². The summed E-state index contributed by atoms with van der Waals surface area (Å²) in [5, 5.41) is 14.6. The largest absolute Gasteiger partial charge is 0.389 e. The van der Waals surface area contributed by atoms with Gasteiger partial charge >= 0.3 is 0 Å². The Balaban J connectivity index is 2.55. The van der Waals surface area contributed by atoms with Crippen molar-refractivity contribution in [2.45, 2.75) is 32.8 Å². The summed E-state index contributed by atoms with van der Waals surface area (Å²) in [7, 11) is 0. The maximum absolute atomic E-state index is 10.3. The quantitative estimate of drug-likeness (QED) is 0.840. The Labute approximate surface area is 119 Å². The number of hydrogen-bond acceptors (Lipinski definition) is 2. The highest BCUT2D eigenvalue weighted by molar-refractivity contribution is 6.42. The van der Waals surface area contributed by atoms with Gasteiger partial charge in [-0.15, -0.1) is 0 Å². The predicted molar refractivity (Wildman–Crippen MR) is 78.5 cm³/mol. The molecule has 1 aromatic rings. The van der Waals surface area contributed by atoms with Gasteiger partial charge in [-0.3, -0.25) is 0 Å². The van der Waals surface area contributed by atoms with Crippen LogP contribution in [0.4, 0.5) is 0 Å². The molecule has 0 spiro atoms. The molecule has 0 aliphatic rings. The number of rotatable bonds is 6. The van der Waals surface area contributed by atoms with Crippen molar-refractivity contribution in [3.8, 4) is 0 Å². The van der Waals surface area contributed by atoms with E-state index < -0.39 is 5.60 Å². The molecule has 1 rings (SSSR count). The molecule has 0 saturated heterocycles. The molecule has 0 saturated carbocycles. The highest BCUT2D eigenvalue weighted by atomic mass is 35.5. The van der Waals surface area contributed by atoms with E-state index in [1.165, 1.54) is 0 Å². The van der Waals surface area contributed by atoms with E-state index in [1.807, 2.05) is 13.0 Å². The molecule has 0 aliphatic carbocycles. The van der Waals surface area contributed by atoms with Crippen LogP contribution in [0.3, 0.4) is 0 Å². The Morgan fingerprint density at radius 3 is 2.50 bits per heavy atom. The zero-order valence-electron chi connectivity index (χ0n) is 11.1. The molecule has 2 nitrogen and oxygen atoms in total. The second-order valence-electron chi connectivity index (χ2n) is 5.45. The normalized spacial score (nSPS) is 14.8. The summed E-state index contributed by atoms with van der Waals surface area (Å²) in [6, 6.07) is 5.46.